The summed E-state index contributed by atoms with van der Waals surface area (Å²) < 4.78 is 0. The van der Waals surface area contributed by atoms with E-state index in [0.717, 1.165) is 0 Å². The minimum absolute atomic E-state index is 0. The van der Waals surface area contributed by atoms with E-state index in [2.05, 4.69) is 0 Å². The Balaban J connectivity index is 0.00000225. The highest BCUT2D eigenvalue weighted by Crippen LogP contribution is 2.19. The van der Waals surface area contributed by atoms with Crippen molar-refractivity contribution >= 4 is 18.2 Å². The van der Waals surface area contributed by atoms with Gasteiger partial charge in [0.1, 0.15) is 5.75 Å². The number of carbonyl (C=O) groups excluding carboxylic acids is 1. The van der Waals surface area contributed by atoms with Crippen LogP contribution in [0.1, 0.15) is 17.3 Å². The second-order valence-corrected chi connectivity index (χ2v) is 4.04. The number of ketones is 1. The lowest BCUT2D eigenvalue weighted by molar-refractivity contribution is 0.0907. The van der Waals surface area contributed by atoms with Gasteiger partial charge in [0.15, 0.2) is 5.78 Å². The van der Waals surface area contributed by atoms with Gasteiger partial charge in [0.25, 0.3) is 0 Å². The first kappa shape index (κ1) is 14.9. The summed E-state index contributed by atoms with van der Waals surface area (Å²) in [6.07, 6.45) is 0. The number of hydrogen-bond donors (Lipinski definition) is 1. The maximum absolute atomic E-state index is 11.9. The first-order valence-corrected chi connectivity index (χ1v) is 4.99. The number of phenolic OH excluding ortho intramolecular Hbond substituents is 1. The highest BCUT2D eigenvalue weighted by molar-refractivity contribution is 6.00. The summed E-state index contributed by atoms with van der Waals surface area (Å²) in [6.45, 7) is 2.56. The largest absolute Gasteiger partial charge is 0.507 e. The van der Waals surface area contributed by atoms with Gasteiger partial charge in [-0.15, -0.1) is 12.4 Å². The molecule has 0 saturated heterocycles. The van der Waals surface area contributed by atoms with Crippen LogP contribution >= 0.6 is 12.4 Å². The van der Waals surface area contributed by atoms with Crippen LogP contribution in [0.3, 0.4) is 0 Å². The van der Waals surface area contributed by atoms with Gasteiger partial charge in [-0.1, -0.05) is 19.1 Å². The number of hydrogen-bond acceptors (Lipinski definition) is 3. The topological polar surface area (TPSA) is 40.5 Å². The van der Waals surface area contributed by atoms with Gasteiger partial charge in [0.2, 0.25) is 0 Å². The molecule has 0 heterocycles. The normalized spacial score (nSPS) is 12.0. The van der Waals surface area contributed by atoms with Crippen LogP contribution in [0.15, 0.2) is 24.3 Å². The summed E-state index contributed by atoms with van der Waals surface area (Å²) in [5.74, 6) is -0.0526. The van der Waals surface area contributed by atoms with E-state index >= 15 is 0 Å². The van der Waals surface area contributed by atoms with Crippen LogP contribution in [0.2, 0.25) is 0 Å². The molecule has 1 rings (SSSR count). The maximum atomic E-state index is 11.9. The molecule has 16 heavy (non-hydrogen) atoms. The molecule has 0 radical (unpaired) electrons. The van der Waals surface area contributed by atoms with Crippen molar-refractivity contribution in [3.05, 3.63) is 29.8 Å². The van der Waals surface area contributed by atoms with Gasteiger partial charge in [0.05, 0.1) is 5.56 Å². The second-order valence-electron chi connectivity index (χ2n) is 4.04. The van der Waals surface area contributed by atoms with E-state index in [1.165, 1.54) is 6.07 Å². The lowest BCUT2D eigenvalue weighted by atomic mass is 9.98. The molecule has 0 aliphatic carbocycles. The van der Waals surface area contributed by atoms with E-state index in [1.807, 2.05) is 25.9 Å². The third-order valence-corrected chi connectivity index (χ3v) is 2.26. The summed E-state index contributed by atoms with van der Waals surface area (Å²) >= 11 is 0. The third kappa shape index (κ3) is 3.83. The number of nitrogens with zero attached hydrogens (tertiary/aromatic N) is 1. The fourth-order valence-corrected chi connectivity index (χ4v) is 1.58. The number of halogens is 1. The number of benzene rings is 1. The van der Waals surface area contributed by atoms with Crippen LogP contribution in [0.25, 0.3) is 0 Å². The van der Waals surface area contributed by atoms with E-state index < -0.39 is 0 Å². The number of Topliss-reactive ketones (excluding diaryl/α,β-unsaturated/α-hetero) is 1. The molecule has 0 aromatic heterocycles. The molecule has 1 atom stereocenters. The lowest BCUT2D eigenvalue weighted by Gasteiger charge is -2.16. The Morgan fingerprint density at radius 3 is 2.44 bits per heavy atom. The molecule has 0 saturated carbocycles. The Morgan fingerprint density at radius 2 is 1.94 bits per heavy atom. The van der Waals surface area contributed by atoms with E-state index in [4.69, 9.17) is 0 Å². The molecule has 0 amide bonds. The Morgan fingerprint density at radius 1 is 1.38 bits per heavy atom. The lowest BCUT2D eigenvalue weighted by Crippen LogP contribution is -2.25. The molecule has 4 heteroatoms. The molecule has 0 bridgehead atoms. The predicted molar refractivity (Wildman–Crippen MR) is 67.4 cm³/mol. The fourth-order valence-electron chi connectivity index (χ4n) is 1.58. The van der Waals surface area contributed by atoms with Crippen LogP contribution in [0.4, 0.5) is 0 Å². The molecule has 1 aromatic rings. The van der Waals surface area contributed by atoms with Crippen LogP contribution in [0, 0.1) is 5.92 Å². The summed E-state index contributed by atoms with van der Waals surface area (Å²) in [6, 6.07) is 6.66. The Kier molecular flexibility index (Phi) is 6.08. The van der Waals surface area contributed by atoms with Crippen molar-refractivity contribution in [3.8, 4) is 5.75 Å². The van der Waals surface area contributed by atoms with E-state index in [9.17, 15) is 9.90 Å². The van der Waals surface area contributed by atoms with Crippen molar-refractivity contribution in [2.24, 2.45) is 5.92 Å². The van der Waals surface area contributed by atoms with Crippen molar-refractivity contribution in [2.45, 2.75) is 6.92 Å². The molecule has 1 aromatic carbocycles. The zero-order chi connectivity index (χ0) is 11.4. The van der Waals surface area contributed by atoms with Gasteiger partial charge in [0, 0.05) is 12.5 Å². The minimum atomic E-state index is -0.103. The minimum Gasteiger partial charge on any atom is -0.507 e. The summed E-state index contributed by atoms with van der Waals surface area (Å²) in [5.41, 5.74) is 0.409. The zero-order valence-electron chi connectivity index (χ0n) is 9.80. The molecular weight excluding hydrogens is 226 g/mol. The van der Waals surface area contributed by atoms with Gasteiger partial charge in [-0.05, 0) is 26.2 Å². The van der Waals surface area contributed by atoms with E-state index in [1.54, 1.807) is 18.2 Å². The average molecular weight is 244 g/mol. The molecule has 0 aliphatic heterocycles. The molecule has 1 N–H and O–H groups in total. The first-order chi connectivity index (χ1) is 7.02. The second kappa shape index (κ2) is 6.51. The van der Waals surface area contributed by atoms with Crippen LogP contribution in [0.5, 0.6) is 5.75 Å². The number of para-hydroxylation sites is 1. The highest BCUT2D eigenvalue weighted by Gasteiger charge is 2.18. The average Bonchev–Trinajstić information content (AvgIpc) is 2.16. The predicted octanol–water partition coefficient (Wildman–Crippen LogP) is 2.19. The van der Waals surface area contributed by atoms with Crippen LogP contribution < -0.4 is 0 Å². The molecule has 90 valence electrons. The fraction of sp³-hybridized carbons (Fsp3) is 0.417. The van der Waals surface area contributed by atoms with E-state index in [0.29, 0.717) is 12.1 Å². The first-order valence-electron chi connectivity index (χ1n) is 4.99. The van der Waals surface area contributed by atoms with Crippen molar-refractivity contribution in [1.29, 1.82) is 0 Å². The van der Waals surface area contributed by atoms with Crippen LogP contribution in [-0.4, -0.2) is 36.4 Å². The standard InChI is InChI=1S/C12H17NO2.ClH/c1-9(8-13(2)3)12(15)10-6-4-5-7-11(10)14;/h4-7,9,14H,8H2,1-3H3;1H. The summed E-state index contributed by atoms with van der Waals surface area (Å²) in [7, 11) is 3.85. The van der Waals surface area contributed by atoms with Gasteiger partial charge in [-0.3, -0.25) is 4.79 Å². The smallest absolute Gasteiger partial charge is 0.170 e. The van der Waals surface area contributed by atoms with Gasteiger partial charge in [-0.25, -0.2) is 0 Å². The van der Waals surface area contributed by atoms with Gasteiger partial charge in [-0.2, -0.15) is 0 Å². The summed E-state index contributed by atoms with van der Waals surface area (Å²) in [4.78, 5) is 13.9. The highest BCUT2D eigenvalue weighted by atomic mass is 35.5. The monoisotopic (exact) mass is 243 g/mol. The number of carbonyl (C=O) groups is 1. The Labute approximate surface area is 102 Å². The number of rotatable bonds is 4. The molecule has 0 aliphatic rings. The Bertz CT molecular complexity index is 353. The van der Waals surface area contributed by atoms with Crippen molar-refractivity contribution in [2.75, 3.05) is 20.6 Å². The quantitative estimate of drug-likeness (QED) is 0.825. The molecule has 0 fully saturated rings. The third-order valence-electron chi connectivity index (χ3n) is 2.26. The molecule has 3 nitrogen and oxygen atoms in total. The Hall–Kier alpha value is -1.06. The maximum Gasteiger partial charge on any atom is 0.170 e. The zero-order valence-corrected chi connectivity index (χ0v) is 10.6. The molecular formula is C12H18ClNO2. The molecule has 0 spiro atoms. The number of aromatic hydroxyl groups is 1. The van der Waals surface area contributed by atoms with E-state index in [-0.39, 0.29) is 29.9 Å². The van der Waals surface area contributed by atoms with Crippen molar-refractivity contribution in [3.63, 3.8) is 0 Å². The van der Waals surface area contributed by atoms with Gasteiger partial charge < -0.3 is 10.0 Å². The van der Waals surface area contributed by atoms with Crippen LogP contribution in [-0.2, 0) is 0 Å². The summed E-state index contributed by atoms with van der Waals surface area (Å²) in [5, 5.41) is 9.53. The van der Waals surface area contributed by atoms with Crippen molar-refractivity contribution < 1.29 is 9.90 Å². The molecule has 1 unspecified atom stereocenters. The SMILES string of the molecule is CC(CN(C)C)C(=O)c1ccccc1O.Cl. The number of phenols is 1. The van der Waals surface area contributed by atoms with Gasteiger partial charge >= 0.3 is 0 Å². The van der Waals surface area contributed by atoms with Crippen molar-refractivity contribution in [1.82, 2.24) is 4.90 Å².